The molecule has 3 nitrogen and oxygen atoms in total. The molecule has 0 saturated carbocycles. The van der Waals surface area contributed by atoms with E-state index in [0.717, 1.165) is 31.7 Å². The molecule has 0 unspecified atom stereocenters. The third-order valence-electron chi connectivity index (χ3n) is 6.72. The van der Waals surface area contributed by atoms with Gasteiger partial charge in [0.05, 0.1) is 0 Å². The van der Waals surface area contributed by atoms with Crippen LogP contribution in [0.3, 0.4) is 0 Å². The molecule has 1 N–H and O–H groups in total. The lowest BCUT2D eigenvalue weighted by molar-refractivity contribution is -0.118. The van der Waals surface area contributed by atoms with Gasteiger partial charge < -0.3 is 10.2 Å². The van der Waals surface area contributed by atoms with Crippen molar-refractivity contribution in [2.75, 3.05) is 25.0 Å². The fraction of sp³-hybridized carbons (Fsp3) is 0.367. The van der Waals surface area contributed by atoms with Crippen LogP contribution in [0.5, 0.6) is 0 Å². The predicted octanol–water partition coefficient (Wildman–Crippen LogP) is 7.16. The van der Waals surface area contributed by atoms with Crippen LogP contribution in [-0.4, -0.2) is 30.4 Å². The van der Waals surface area contributed by atoms with Crippen molar-refractivity contribution < 1.29 is 4.79 Å². The van der Waals surface area contributed by atoms with Gasteiger partial charge in [-0.15, -0.1) is 0 Å². The third kappa shape index (κ3) is 6.74. The van der Waals surface area contributed by atoms with Crippen LogP contribution >= 0.6 is 11.8 Å². The summed E-state index contributed by atoms with van der Waals surface area (Å²) in [5.74, 6) is 0.643. The lowest BCUT2D eigenvalue weighted by Crippen LogP contribution is -2.34. The second-order valence-electron chi connectivity index (χ2n) is 9.64. The fourth-order valence-electron chi connectivity index (χ4n) is 4.55. The van der Waals surface area contributed by atoms with Crippen molar-refractivity contribution in [3.63, 3.8) is 0 Å². The largest absolute Gasteiger partial charge is 0.326 e. The number of benzene rings is 3. The number of nitrogens with zero attached hydrogens (tertiary/aromatic N) is 1. The van der Waals surface area contributed by atoms with Crippen LogP contribution in [0, 0.1) is 12.8 Å². The van der Waals surface area contributed by atoms with Gasteiger partial charge in [0.15, 0.2) is 0 Å². The molecule has 0 aromatic heterocycles. The highest BCUT2D eigenvalue weighted by atomic mass is 32.2. The van der Waals surface area contributed by atoms with Crippen molar-refractivity contribution in [1.29, 1.82) is 0 Å². The zero-order valence-electron chi connectivity index (χ0n) is 20.6. The van der Waals surface area contributed by atoms with E-state index in [9.17, 15) is 4.79 Å². The standard InChI is InChI=1S/C30H36N2OS/c1-22(2)30(33)31-26-12-9-23(3)29(21-26)25-16-19-32(20-17-25)18-15-24-10-13-28(14-11-24)34-27-7-5-4-6-8-27/h4-14,21-22,25H,15-20H2,1-3H3,(H,31,33). The van der Waals surface area contributed by atoms with E-state index in [0.29, 0.717) is 5.92 Å². The normalized spacial score (nSPS) is 14.9. The third-order valence-corrected chi connectivity index (χ3v) is 7.73. The molecule has 0 bridgehead atoms. The Morgan fingerprint density at radius 1 is 0.971 bits per heavy atom. The first-order valence-corrected chi connectivity index (χ1v) is 13.2. The van der Waals surface area contributed by atoms with Gasteiger partial charge in [-0.1, -0.05) is 62.0 Å². The van der Waals surface area contributed by atoms with Crippen LogP contribution in [-0.2, 0) is 11.2 Å². The molecule has 0 aliphatic carbocycles. The van der Waals surface area contributed by atoms with Crippen molar-refractivity contribution in [3.8, 4) is 0 Å². The highest BCUT2D eigenvalue weighted by Gasteiger charge is 2.22. The molecule has 1 aliphatic rings. The first-order chi connectivity index (χ1) is 16.5. The molecule has 1 heterocycles. The summed E-state index contributed by atoms with van der Waals surface area (Å²) in [7, 11) is 0. The van der Waals surface area contributed by atoms with Crippen LogP contribution in [0.2, 0.25) is 0 Å². The summed E-state index contributed by atoms with van der Waals surface area (Å²) in [5, 5.41) is 3.06. The molecular formula is C30H36N2OS. The minimum absolute atomic E-state index is 0.00758. The maximum atomic E-state index is 12.1. The molecule has 34 heavy (non-hydrogen) atoms. The number of aryl methyl sites for hydroxylation is 1. The van der Waals surface area contributed by atoms with Crippen LogP contribution < -0.4 is 5.32 Å². The van der Waals surface area contributed by atoms with E-state index in [-0.39, 0.29) is 11.8 Å². The van der Waals surface area contributed by atoms with Gasteiger partial charge in [-0.05, 0) is 98.3 Å². The van der Waals surface area contributed by atoms with Crippen LogP contribution in [0.15, 0.2) is 82.6 Å². The first-order valence-electron chi connectivity index (χ1n) is 12.4. The van der Waals surface area contributed by atoms with Crippen molar-refractivity contribution in [3.05, 3.63) is 89.5 Å². The molecule has 0 radical (unpaired) electrons. The molecular weight excluding hydrogens is 436 g/mol. The molecule has 0 atom stereocenters. The number of rotatable bonds is 8. The minimum atomic E-state index is -0.00758. The highest BCUT2D eigenvalue weighted by Crippen LogP contribution is 2.32. The predicted molar refractivity (Wildman–Crippen MR) is 144 cm³/mol. The summed E-state index contributed by atoms with van der Waals surface area (Å²) >= 11 is 1.81. The number of piperidine rings is 1. The molecule has 4 rings (SSSR count). The maximum absolute atomic E-state index is 12.1. The van der Waals surface area contributed by atoms with E-state index in [2.05, 4.69) is 83.9 Å². The Morgan fingerprint density at radius 2 is 1.65 bits per heavy atom. The van der Waals surface area contributed by atoms with E-state index in [1.165, 1.54) is 39.3 Å². The summed E-state index contributed by atoms with van der Waals surface area (Å²) in [6, 6.07) is 26.0. The van der Waals surface area contributed by atoms with Gasteiger partial charge in [0.1, 0.15) is 0 Å². The van der Waals surface area contributed by atoms with E-state index in [4.69, 9.17) is 0 Å². The summed E-state index contributed by atoms with van der Waals surface area (Å²) < 4.78 is 0. The molecule has 0 spiro atoms. The van der Waals surface area contributed by atoms with Crippen molar-refractivity contribution in [2.45, 2.75) is 55.7 Å². The highest BCUT2D eigenvalue weighted by molar-refractivity contribution is 7.99. The maximum Gasteiger partial charge on any atom is 0.226 e. The Kier molecular flexibility index (Phi) is 8.47. The van der Waals surface area contributed by atoms with E-state index in [1.807, 2.05) is 31.7 Å². The molecule has 178 valence electrons. The average molecular weight is 473 g/mol. The van der Waals surface area contributed by atoms with Gasteiger partial charge in [-0.2, -0.15) is 0 Å². The van der Waals surface area contributed by atoms with Gasteiger partial charge in [-0.3, -0.25) is 4.79 Å². The Hall–Kier alpha value is -2.56. The molecule has 3 aromatic rings. The topological polar surface area (TPSA) is 32.3 Å². The minimum Gasteiger partial charge on any atom is -0.326 e. The van der Waals surface area contributed by atoms with Crippen molar-refractivity contribution in [2.24, 2.45) is 5.92 Å². The molecule has 1 aliphatic heterocycles. The van der Waals surface area contributed by atoms with Gasteiger partial charge in [0, 0.05) is 27.9 Å². The first kappa shape index (κ1) is 24.6. The molecule has 1 amide bonds. The number of carbonyl (C=O) groups is 1. The summed E-state index contributed by atoms with van der Waals surface area (Å²) in [5.41, 5.74) is 5.06. The van der Waals surface area contributed by atoms with Crippen molar-refractivity contribution >= 4 is 23.4 Å². The van der Waals surface area contributed by atoms with Crippen LogP contribution in [0.25, 0.3) is 0 Å². The average Bonchev–Trinajstić information content (AvgIpc) is 2.86. The van der Waals surface area contributed by atoms with E-state index in [1.54, 1.807) is 0 Å². The van der Waals surface area contributed by atoms with Crippen molar-refractivity contribution in [1.82, 2.24) is 4.90 Å². The second kappa shape index (κ2) is 11.7. The number of amides is 1. The Labute approximate surface area is 209 Å². The van der Waals surface area contributed by atoms with Gasteiger partial charge in [0.2, 0.25) is 5.91 Å². The summed E-state index contributed by atoms with van der Waals surface area (Å²) in [4.78, 5) is 17.3. The lowest BCUT2D eigenvalue weighted by Gasteiger charge is -2.33. The van der Waals surface area contributed by atoms with Gasteiger partial charge in [0.25, 0.3) is 0 Å². The number of hydrogen-bond acceptors (Lipinski definition) is 3. The number of likely N-dealkylation sites (tertiary alicyclic amines) is 1. The molecule has 1 saturated heterocycles. The quantitative estimate of drug-likeness (QED) is 0.377. The lowest BCUT2D eigenvalue weighted by atomic mass is 9.86. The fourth-order valence-corrected chi connectivity index (χ4v) is 5.39. The Bertz CT molecular complexity index is 1070. The van der Waals surface area contributed by atoms with Gasteiger partial charge in [-0.25, -0.2) is 0 Å². The smallest absolute Gasteiger partial charge is 0.226 e. The number of hydrogen-bond donors (Lipinski definition) is 1. The van der Waals surface area contributed by atoms with Gasteiger partial charge >= 0.3 is 0 Å². The number of anilines is 1. The monoisotopic (exact) mass is 472 g/mol. The number of nitrogens with one attached hydrogen (secondary N) is 1. The zero-order chi connectivity index (χ0) is 23.9. The molecule has 1 fully saturated rings. The SMILES string of the molecule is Cc1ccc(NC(=O)C(C)C)cc1C1CCN(CCc2ccc(Sc3ccccc3)cc2)CC1. The Balaban J connectivity index is 1.26. The summed E-state index contributed by atoms with van der Waals surface area (Å²) in [6.45, 7) is 9.43. The van der Waals surface area contributed by atoms with E-state index < -0.39 is 0 Å². The van der Waals surface area contributed by atoms with Crippen LogP contribution in [0.1, 0.15) is 49.3 Å². The summed E-state index contributed by atoms with van der Waals surface area (Å²) in [6.07, 6.45) is 3.45. The Morgan fingerprint density at radius 3 is 2.32 bits per heavy atom. The molecule has 3 aromatic carbocycles. The molecule has 4 heteroatoms. The number of carbonyl (C=O) groups excluding carboxylic acids is 1. The second-order valence-corrected chi connectivity index (χ2v) is 10.8. The van der Waals surface area contributed by atoms with Crippen LogP contribution in [0.4, 0.5) is 5.69 Å². The zero-order valence-corrected chi connectivity index (χ0v) is 21.4. The van der Waals surface area contributed by atoms with E-state index >= 15 is 0 Å².